The Morgan fingerprint density at radius 3 is 2.64 bits per heavy atom. The molecule has 0 radical (unpaired) electrons. The van der Waals surface area contributed by atoms with E-state index in [0.717, 1.165) is 16.2 Å². The van der Waals surface area contributed by atoms with E-state index in [0.29, 0.717) is 18.0 Å². The molecular formula is C18H16N4O3. The average Bonchev–Trinajstić information content (AvgIpc) is 2.90. The summed E-state index contributed by atoms with van der Waals surface area (Å²) in [6, 6.07) is 11.9. The van der Waals surface area contributed by atoms with E-state index >= 15 is 0 Å². The summed E-state index contributed by atoms with van der Waals surface area (Å²) in [5, 5.41) is 11.8. The Labute approximate surface area is 144 Å². The molecule has 1 fully saturated rings. The molecule has 0 aliphatic carbocycles. The summed E-state index contributed by atoms with van der Waals surface area (Å²) in [6.07, 6.45) is 1.85. The van der Waals surface area contributed by atoms with Crippen molar-refractivity contribution in [3.8, 4) is 11.9 Å². The first-order valence-corrected chi connectivity index (χ1v) is 7.71. The zero-order chi connectivity index (χ0) is 17.8. The van der Waals surface area contributed by atoms with Gasteiger partial charge >= 0.3 is 0 Å². The highest BCUT2D eigenvalue weighted by Gasteiger charge is 2.39. The van der Waals surface area contributed by atoms with Crippen LogP contribution in [0.25, 0.3) is 0 Å². The van der Waals surface area contributed by atoms with E-state index in [1.807, 2.05) is 12.1 Å². The molecular weight excluding hydrogens is 320 g/mol. The number of nitrogens with zero attached hydrogens (tertiary/aromatic N) is 3. The molecule has 25 heavy (non-hydrogen) atoms. The van der Waals surface area contributed by atoms with Crippen molar-refractivity contribution in [2.45, 2.75) is 18.9 Å². The summed E-state index contributed by atoms with van der Waals surface area (Å²) < 4.78 is 4.98. The molecule has 0 saturated carbocycles. The molecule has 1 aromatic carbocycles. The lowest BCUT2D eigenvalue weighted by Crippen LogP contribution is -2.34. The monoisotopic (exact) mass is 336 g/mol. The van der Waals surface area contributed by atoms with Crippen LogP contribution in [-0.2, 0) is 16.0 Å². The quantitative estimate of drug-likeness (QED) is 0.838. The van der Waals surface area contributed by atoms with Crippen molar-refractivity contribution in [1.29, 1.82) is 5.26 Å². The lowest BCUT2D eigenvalue weighted by Gasteiger charge is -2.16. The number of benzene rings is 1. The molecule has 1 aromatic heterocycles. The number of carbonyl (C=O) groups excluding carboxylic acids is 2. The van der Waals surface area contributed by atoms with Gasteiger partial charge in [-0.1, -0.05) is 12.1 Å². The Bertz CT molecular complexity index is 825. The number of imide groups is 1. The van der Waals surface area contributed by atoms with Crippen LogP contribution in [0.5, 0.6) is 5.88 Å². The number of carbonyl (C=O) groups is 2. The summed E-state index contributed by atoms with van der Waals surface area (Å²) in [5.41, 5.74) is 2.04. The topological polar surface area (TPSA) is 95.3 Å². The highest BCUT2D eigenvalue weighted by Crippen LogP contribution is 2.25. The molecule has 1 saturated heterocycles. The first-order chi connectivity index (χ1) is 12.1. The van der Waals surface area contributed by atoms with Crippen molar-refractivity contribution in [3.05, 3.63) is 48.2 Å². The Balaban J connectivity index is 1.73. The van der Waals surface area contributed by atoms with Crippen LogP contribution in [0.3, 0.4) is 0 Å². The van der Waals surface area contributed by atoms with Gasteiger partial charge in [0, 0.05) is 11.8 Å². The van der Waals surface area contributed by atoms with E-state index in [2.05, 4.69) is 16.4 Å². The smallest absolute Gasteiger partial charge is 0.256 e. The number of hydrogen-bond acceptors (Lipinski definition) is 6. The van der Waals surface area contributed by atoms with Gasteiger partial charge in [-0.25, -0.2) is 9.88 Å². The fourth-order valence-electron chi connectivity index (χ4n) is 2.65. The summed E-state index contributed by atoms with van der Waals surface area (Å²) >= 11 is 0. The molecule has 1 unspecified atom stereocenters. The van der Waals surface area contributed by atoms with E-state index in [4.69, 9.17) is 10.00 Å². The van der Waals surface area contributed by atoms with Gasteiger partial charge in [0.15, 0.2) is 0 Å². The maximum atomic E-state index is 12.6. The van der Waals surface area contributed by atoms with E-state index < -0.39 is 6.04 Å². The lowest BCUT2D eigenvalue weighted by molar-refractivity contribution is -0.121. The molecule has 7 heteroatoms. The molecule has 3 rings (SSSR count). The number of rotatable bonds is 5. The molecule has 7 nitrogen and oxygen atoms in total. The molecule has 0 spiro atoms. The van der Waals surface area contributed by atoms with Gasteiger partial charge in [0.25, 0.3) is 5.91 Å². The van der Waals surface area contributed by atoms with Crippen molar-refractivity contribution in [2.24, 2.45) is 0 Å². The molecule has 2 aromatic rings. The van der Waals surface area contributed by atoms with E-state index in [9.17, 15) is 9.59 Å². The molecule has 1 aliphatic heterocycles. The van der Waals surface area contributed by atoms with Crippen LogP contribution < -0.4 is 15.0 Å². The second kappa shape index (κ2) is 7.01. The minimum absolute atomic E-state index is 0.0742. The standard InChI is InChI=1S/C18H16N4O3/c1-25-16-7-6-14(11-20-16)22-17(23)10-15(18(22)24)21-13-4-2-12(3-5-13)8-9-19/h2-7,11,15,21H,8,10H2,1H3. The van der Waals surface area contributed by atoms with Gasteiger partial charge in [-0.15, -0.1) is 0 Å². The van der Waals surface area contributed by atoms with Crippen LogP contribution in [0.1, 0.15) is 12.0 Å². The number of pyridine rings is 1. The van der Waals surface area contributed by atoms with Gasteiger partial charge in [-0.05, 0) is 23.8 Å². The normalized spacial score (nSPS) is 16.6. The average molecular weight is 336 g/mol. The first-order valence-electron chi connectivity index (χ1n) is 7.71. The van der Waals surface area contributed by atoms with Crippen LogP contribution in [0.4, 0.5) is 11.4 Å². The van der Waals surface area contributed by atoms with Gasteiger partial charge in [-0.2, -0.15) is 5.26 Å². The minimum Gasteiger partial charge on any atom is -0.481 e. The minimum atomic E-state index is -0.628. The molecule has 0 bridgehead atoms. The highest BCUT2D eigenvalue weighted by atomic mass is 16.5. The second-order valence-electron chi connectivity index (χ2n) is 5.56. The van der Waals surface area contributed by atoms with Crippen LogP contribution in [0.15, 0.2) is 42.6 Å². The number of nitrogens with one attached hydrogen (secondary N) is 1. The predicted octanol–water partition coefficient (Wildman–Crippen LogP) is 1.90. The molecule has 2 heterocycles. The van der Waals surface area contributed by atoms with Crippen LogP contribution >= 0.6 is 0 Å². The Kier molecular flexibility index (Phi) is 4.61. The Morgan fingerprint density at radius 1 is 1.28 bits per heavy atom. The van der Waals surface area contributed by atoms with E-state index in [1.54, 1.807) is 24.3 Å². The highest BCUT2D eigenvalue weighted by molar-refractivity contribution is 6.23. The van der Waals surface area contributed by atoms with Gasteiger partial charge in [0.2, 0.25) is 11.8 Å². The number of hydrogen-bond donors (Lipinski definition) is 1. The number of aromatic nitrogens is 1. The van der Waals surface area contributed by atoms with Crippen molar-refractivity contribution in [3.63, 3.8) is 0 Å². The number of methoxy groups -OCH3 is 1. The number of amides is 2. The van der Waals surface area contributed by atoms with Crippen molar-refractivity contribution in [1.82, 2.24) is 4.98 Å². The second-order valence-corrected chi connectivity index (χ2v) is 5.56. The number of anilines is 2. The van der Waals surface area contributed by atoms with Crippen LogP contribution in [0.2, 0.25) is 0 Å². The maximum absolute atomic E-state index is 12.6. The summed E-state index contributed by atoms with van der Waals surface area (Å²) in [6.45, 7) is 0. The van der Waals surface area contributed by atoms with Crippen molar-refractivity contribution in [2.75, 3.05) is 17.3 Å². The van der Waals surface area contributed by atoms with Gasteiger partial charge in [-0.3, -0.25) is 9.59 Å². The summed E-state index contributed by atoms with van der Waals surface area (Å²) in [4.78, 5) is 30.0. The fourth-order valence-corrected chi connectivity index (χ4v) is 2.65. The molecule has 2 amide bonds. The molecule has 1 aliphatic rings. The Hall–Kier alpha value is -3.40. The van der Waals surface area contributed by atoms with Gasteiger partial charge in [0.05, 0.1) is 37.9 Å². The third-order valence-electron chi connectivity index (χ3n) is 3.91. The number of ether oxygens (including phenoxy) is 1. The maximum Gasteiger partial charge on any atom is 0.256 e. The molecule has 126 valence electrons. The Morgan fingerprint density at radius 2 is 2.04 bits per heavy atom. The van der Waals surface area contributed by atoms with Crippen molar-refractivity contribution >= 4 is 23.2 Å². The summed E-state index contributed by atoms with van der Waals surface area (Å²) in [5.74, 6) is -0.191. The third kappa shape index (κ3) is 3.43. The lowest BCUT2D eigenvalue weighted by atomic mass is 10.1. The van der Waals surface area contributed by atoms with Gasteiger partial charge in [0.1, 0.15) is 6.04 Å². The van der Waals surface area contributed by atoms with Crippen molar-refractivity contribution < 1.29 is 14.3 Å². The van der Waals surface area contributed by atoms with E-state index in [1.165, 1.54) is 13.3 Å². The van der Waals surface area contributed by atoms with Crippen LogP contribution in [-0.4, -0.2) is 29.9 Å². The SMILES string of the molecule is COc1ccc(N2C(=O)CC(Nc3ccc(CC#N)cc3)C2=O)cn1. The zero-order valence-corrected chi connectivity index (χ0v) is 13.6. The fraction of sp³-hybridized carbons (Fsp3) is 0.222. The predicted molar refractivity (Wildman–Crippen MR) is 91.1 cm³/mol. The van der Waals surface area contributed by atoms with Crippen LogP contribution in [0, 0.1) is 11.3 Å². The zero-order valence-electron chi connectivity index (χ0n) is 13.6. The first kappa shape index (κ1) is 16.5. The van der Waals surface area contributed by atoms with E-state index in [-0.39, 0.29) is 18.2 Å². The molecule has 1 atom stereocenters. The van der Waals surface area contributed by atoms with Gasteiger partial charge < -0.3 is 10.1 Å². The summed E-state index contributed by atoms with van der Waals surface area (Å²) in [7, 11) is 1.50. The largest absolute Gasteiger partial charge is 0.481 e. The third-order valence-corrected chi connectivity index (χ3v) is 3.91. The molecule has 1 N–H and O–H groups in total. The number of nitriles is 1.